The van der Waals surface area contributed by atoms with Gasteiger partial charge in [0.1, 0.15) is 0 Å². The highest BCUT2D eigenvalue weighted by atomic mass is 33.1. The number of hydrogen-bond donors (Lipinski definition) is 0. The van der Waals surface area contributed by atoms with Crippen LogP contribution < -0.4 is 0 Å². The van der Waals surface area contributed by atoms with Gasteiger partial charge < -0.3 is 0 Å². The second-order valence-electron chi connectivity index (χ2n) is 8.98. The molecule has 38 heavy (non-hydrogen) atoms. The van der Waals surface area contributed by atoms with Crippen molar-refractivity contribution in [1.29, 1.82) is 0 Å². The van der Waals surface area contributed by atoms with Gasteiger partial charge in [0.05, 0.1) is 0 Å². The Balaban J connectivity index is 1.35. The number of hydrogen-bond acceptors (Lipinski definition) is 2. The summed E-state index contributed by atoms with van der Waals surface area (Å²) in [5.41, 5.74) is 10.00. The predicted octanol–water partition coefficient (Wildman–Crippen LogP) is 11.2. The van der Waals surface area contributed by atoms with E-state index in [0.29, 0.717) is 0 Å². The average molecular weight is 523 g/mol. The SMILES string of the molecule is c1ccc(-c2ccccc2-c2ccccc2SSc2ccccc2-c2ccccc2-c2ccccc2)cc1. The minimum Gasteiger partial charge on any atom is -0.0622 e. The number of benzene rings is 6. The van der Waals surface area contributed by atoms with Gasteiger partial charge in [-0.1, -0.05) is 167 Å². The molecule has 0 nitrogen and oxygen atoms in total. The summed E-state index contributed by atoms with van der Waals surface area (Å²) in [6.07, 6.45) is 0. The van der Waals surface area contributed by atoms with Crippen molar-refractivity contribution in [1.82, 2.24) is 0 Å². The van der Waals surface area contributed by atoms with Gasteiger partial charge >= 0.3 is 0 Å². The van der Waals surface area contributed by atoms with Crippen molar-refractivity contribution in [2.24, 2.45) is 0 Å². The summed E-state index contributed by atoms with van der Waals surface area (Å²) in [7, 11) is 3.65. The van der Waals surface area contributed by atoms with Crippen molar-refractivity contribution in [2.75, 3.05) is 0 Å². The van der Waals surface area contributed by atoms with E-state index in [2.05, 4.69) is 158 Å². The Labute approximate surface area is 232 Å². The van der Waals surface area contributed by atoms with E-state index in [4.69, 9.17) is 0 Å². The Morgan fingerprint density at radius 3 is 0.921 bits per heavy atom. The van der Waals surface area contributed by atoms with Crippen LogP contribution in [0.1, 0.15) is 0 Å². The van der Waals surface area contributed by atoms with Crippen molar-refractivity contribution in [3.8, 4) is 44.5 Å². The molecule has 0 N–H and O–H groups in total. The van der Waals surface area contributed by atoms with E-state index in [1.54, 1.807) is 0 Å². The first-order valence-corrected chi connectivity index (χ1v) is 14.9. The molecule has 0 atom stereocenters. The van der Waals surface area contributed by atoms with Gasteiger partial charge in [-0.2, -0.15) is 0 Å². The maximum absolute atomic E-state index is 2.24. The summed E-state index contributed by atoms with van der Waals surface area (Å²) in [4.78, 5) is 2.51. The third-order valence-corrected chi connectivity index (χ3v) is 9.08. The first kappa shape index (κ1) is 24.4. The summed E-state index contributed by atoms with van der Waals surface area (Å²) in [6, 6.07) is 56.2. The molecule has 0 saturated carbocycles. The van der Waals surface area contributed by atoms with E-state index in [-0.39, 0.29) is 0 Å². The highest BCUT2D eigenvalue weighted by Crippen LogP contribution is 2.47. The molecular formula is C36H26S2. The van der Waals surface area contributed by atoms with E-state index in [1.807, 2.05) is 21.6 Å². The van der Waals surface area contributed by atoms with Gasteiger partial charge in [-0.3, -0.25) is 0 Å². The molecule has 6 aromatic carbocycles. The van der Waals surface area contributed by atoms with Crippen LogP contribution in [0.25, 0.3) is 44.5 Å². The summed E-state index contributed by atoms with van der Waals surface area (Å²) >= 11 is 0. The van der Waals surface area contributed by atoms with Gasteiger partial charge in [-0.25, -0.2) is 0 Å². The number of rotatable bonds is 7. The molecule has 0 heterocycles. The Morgan fingerprint density at radius 1 is 0.237 bits per heavy atom. The minimum absolute atomic E-state index is 1.23. The first-order chi connectivity index (χ1) is 18.9. The van der Waals surface area contributed by atoms with E-state index in [0.717, 1.165) is 0 Å². The van der Waals surface area contributed by atoms with Gasteiger partial charge in [-0.15, -0.1) is 0 Å². The zero-order valence-electron chi connectivity index (χ0n) is 20.8. The molecule has 0 unspecified atom stereocenters. The lowest BCUT2D eigenvalue weighted by molar-refractivity contribution is 1.44. The van der Waals surface area contributed by atoms with Gasteiger partial charge in [-0.05, 0) is 56.6 Å². The monoisotopic (exact) mass is 522 g/mol. The van der Waals surface area contributed by atoms with E-state index >= 15 is 0 Å². The topological polar surface area (TPSA) is 0 Å². The van der Waals surface area contributed by atoms with Gasteiger partial charge in [0, 0.05) is 9.79 Å². The molecule has 0 bridgehead atoms. The van der Waals surface area contributed by atoms with Crippen LogP contribution in [0.4, 0.5) is 0 Å². The van der Waals surface area contributed by atoms with Crippen LogP contribution >= 0.6 is 21.6 Å². The lowest BCUT2D eigenvalue weighted by Crippen LogP contribution is -1.88. The predicted molar refractivity (Wildman–Crippen MR) is 166 cm³/mol. The largest absolute Gasteiger partial charge is 0.0622 e. The minimum atomic E-state index is 1.23. The fraction of sp³-hybridized carbons (Fsp3) is 0. The van der Waals surface area contributed by atoms with Crippen LogP contribution in [0.5, 0.6) is 0 Å². The zero-order valence-corrected chi connectivity index (χ0v) is 22.5. The molecule has 6 aromatic rings. The molecule has 0 aliphatic heterocycles. The van der Waals surface area contributed by atoms with Gasteiger partial charge in [0.25, 0.3) is 0 Å². The Hall–Kier alpha value is -3.98. The lowest BCUT2D eigenvalue weighted by atomic mass is 9.95. The van der Waals surface area contributed by atoms with Crippen LogP contribution in [-0.2, 0) is 0 Å². The first-order valence-electron chi connectivity index (χ1n) is 12.7. The third-order valence-electron chi connectivity index (χ3n) is 6.60. The molecule has 0 aromatic heterocycles. The third kappa shape index (κ3) is 5.19. The summed E-state index contributed by atoms with van der Waals surface area (Å²) in [5, 5.41) is 0. The second-order valence-corrected chi connectivity index (χ2v) is 11.2. The van der Waals surface area contributed by atoms with E-state index in [1.165, 1.54) is 54.3 Å². The van der Waals surface area contributed by atoms with Crippen LogP contribution in [0, 0.1) is 0 Å². The van der Waals surface area contributed by atoms with Crippen molar-refractivity contribution in [3.05, 3.63) is 158 Å². The van der Waals surface area contributed by atoms with Crippen LogP contribution in [0.2, 0.25) is 0 Å². The summed E-state index contributed by atoms with van der Waals surface area (Å²) < 4.78 is 0. The molecule has 6 rings (SSSR count). The quantitative estimate of drug-likeness (QED) is 0.191. The lowest BCUT2D eigenvalue weighted by Gasteiger charge is -2.16. The maximum atomic E-state index is 2.24. The van der Waals surface area contributed by atoms with E-state index in [9.17, 15) is 0 Å². The van der Waals surface area contributed by atoms with Gasteiger partial charge in [0.2, 0.25) is 0 Å². The van der Waals surface area contributed by atoms with Crippen molar-refractivity contribution >= 4 is 21.6 Å². The fourth-order valence-electron chi connectivity index (χ4n) is 4.79. The molecule has 0 amide bonds. The van der Waals surface area contributed by atoms with E-state index < -0.39 is 0 Å². The molecule has 0 saturated heterocycles. The molecule has 0 fully saturated rings. The Bertz CT molecular complexity index is 1530. The van der Waals surface area contributed by atoms with Crippen LogP contribution in [-0.4, -0.2) is 0 Å². The molecule has 2 heteroatoms. The van der Waals surface area contributed by atoms with Gasteiger partial charge in [0.15, 0.2) is 0 Å². The smallest absolute Gasteiger partial charge is 0.0264 e. The molecule has 0 spiro atoms. The second kappa shape index (κ2) is 11.6. The molecule has 0 aliphatic rings. The molecule has 0 aliphatic carbocycles. The zero-order chi connectivity index (χ0) is 25.6. The highest BCUT2D eigenvalue weighted by Gasteiger charge is 2.14. The van der Waals surface area contributed by atoms with Crippen LogP contribution in [0.15, 0.2) is 168 Å². The Morgan fingerprint density at radius 2 is 0.526 bits per heavy atom. The maximum Gasteiger partial charge on any atom is 0.0264 e. The summed E-state index contributed by atoms with van der Waals surface area (Å²) in [6.45, 7) is 0. The molecule has 0 radical (unpaired) electrons. The standard InChI is InChI=1S/C36H26S2/c1-3-15-27(16-4-1)29-19-7-9-21-31(29)33-23-11-13-25-35(33)37-38-36-26-14-12-24-34(36)32-22-10-8-20-30(32)28-17-5-2-6-18-28/h1-26H. The molecule has 182 valence electrons. The van der Waals surface area contributed by atoms with Crippen molar-refractivity contribution in [3.63, 3.8) is 0 Å². The molecular weight excluding hydrogens is 497 g/mol. The summed E-state index contributed by atoms with van der Waals surface area (Å²) in [5.74, 6) is 0. The normalized spacial score (nSPS) is 10.8. The highest BCUT2D eigenvalue weighted by molar-refractivity contribution is 8.76. The van der Waals surface area contributed by atoms with Crippen LogP contribution in [0.3, 0.4) is 0 Å². The average Bonchev–Trinajstić information content (AvgIpc) is 3.01. The van der Waals surface area contributed by atoms with Crippen molar-refractivity contribution < 1.29 is 0 Å². The Kier molecular flexibility index (Phi) is 7.44. The fourth-order valence-corrected chi connectivity index (χ4v) is 7.18. The van der Waals surface area contributed by atoms with Crippen molar-refractivity contribution in [2.45, 2.75) is 9.79 Å².